The number of carboxylic acids is 1. The first-order valence-corrected chi connectivity index (χ1v) is 4.52. The molecular weight excluding hydrogens is 252 g/mol. The van der Waals surface area contributed by atoms with Gasteiger partial charge >= 0.3 is 5.97 Å². The quantitative estimate of drug-likeness (QED) is 0.808. The van der Waals surface area contributed by atoms with Crippen LogP contribution in [0.2, 0.25) is 0 Å². The van der Waals surface area contributed by atoms with E-state index < -0.39 is 5.97 Å². The molecule has 0 aliphatic rings. The monoisotopic (exact) mass is 258 g/mol. The number of hydrogen-bond acceptors (Lipinski definition) is 3. The van der Waals surface area contributed by atoms with Crippen molar-refractivity contribution in [3.05, 3.63) is 27.7 Å². The molecule has 2 N–H and O–H groups in total. The van der Waals surface area contributed by atoms with Crippen molar-refractivity contribution in [2.75, 3.05) is 0 Å². The van der Waals surface area contributed by atoms with Crippen molar-refractivity contribution >= 4 is 28.2 Å². The minimum Gasteiger partial charge on any atom is -0.506 e. The van der Waals surface area contributed by atoms with Crippen LogP contribution in [0, 0.1) is 0 Å². The Labute approximate surface area is 88.3 Å². The average molecular weight is 259 g/mol. The van der Waals surface area contributed by atoms with Crippen molar-refractivity contribution in [2.45, 2.75) is 6.42 Å². The second-order valence-electron chi connectivity index (χ2n) is 2.70. The van der Waals surface area contributed by atoms with Crippen LogP contribution in [0.15, 0.2) is 16.6 Å². The number of carboxylic acid groups (broad SMARTS) is 1. The second kappa shape index (κ2) is 4.23. The molecule has 0 fully saturated rings. The van der Waals surface area contributed by atoms with Crippen LogP contribution < -0.4 is 0 Å². The topological polar surface area (TPSA) is 74.6 Å². The lowest BCUT2D eigenvalue weighted by molar-refractivity contribution is -0.136. The summed E-state index contributed by atoms with van der Waals surface area (Å²) in [7, 11) is 0. The number of phenolic OH excluding ortho intramolecular Hbond substituents is 1. The Hall–Kier alpha value is -1.36. The van der Waals surface area contributed by atoms with E-state index in [1.54, 1.807) is 0 Å². The van der Waals surface area contributed by atoms with Crippen molar-refractivity contribution in [1.82, 2.24) is 0 Å². The second-order valence-corrected chi connectivity index (χ2v) is 3.55. The van der Waals surface area contributed by atoms with Gasteiger partial charge in [-0.2, -0.15) is 0 Å². The van der Waals surface area contributed by atoms with Gasteiger partial charge in [0.1, 0.15) is 12.0 Å². The normalized spacial score (nSPS) is 9.79. The molecule has 0 radical (unpaired) electrons. The van der Waals surface area contributed by atoms with Crippen molar-refractivity contribution in [2.24, 2.45) is 0 Å². The summed E-state index contributed by atoms with van der Waals surface area (Å²) in [5.41, 5.74) is 0.542. The smallest absolute Gasteiger partial charge is 0.307 e. The Morgan fingerprint density at radius 3 is 2.64 bits per heavy atom. The van der Waals surface area contributed by atoms with E-state index in [1.165, 1.54) is 12.1 Å². The summed E-state index contributed by atoms with van der Waals surface area (Å²) in [4.78, 5) is 20.9. The van der Waals surface area contributed by atoms with E-state index in [0.29, 0.717) is 16.3 Å². The van der Waals surface area contributed by atoms with Crippen LogP contribution in [0.3, 0.4) is 0 Å². The van der Waals surface area contributed by atoms with E-state index in [0.717, 1.165) is 0 Å². The largest absolute Gasteiger partial charge is 0.506 e. The van der Waals surface area contributed by atoms with E-state index in [4.69, 9.17) is 5.11 Å². The minimum atomic E-state index is -1.06. The highest BCUT2D eigenvalue weighted by atomic mass is 79.9. The van der Waals surface area contributed by atoms with Gasteiger partial charge in [-0.05, 0) is 28.1 Å². The highest BCUT2D eigenvalue weighted by molar-refractivity contribution is 9.10. The molecule has 0 aliphatic heterocycles. The predicted octanol–water partition coefficient (Wildman–Crippen LogP) is 1.59. The van der Waals surface area contributed by atoms with Crippen LogP contribution >= 0.6 is 15.9 Å². The zero-order valence-electron chi connectivity index (χ0n) is 7.03. The maximum Gasteiger partial charge on any atom is 0.307 e. The Morgan fingerprint density at radius 1 is 1.50 bits per heavy atom. The third-order valence-electron chi connectivity index (χ3n) is 1.64. The van der Waals surface area contributed by atoms with Gasteiger partial charge < -0.3 is 10.2 Å². The lowest BCUT2D eigenvalue weighted by Gasteiger charge is -2.04. The maximum atomic E-state index is 10.5. The summed E-state index contributed by atoms with van der Waals surface area (Å²) < 4.78 is 0.318. The molecule has 4 nitrogen and oxygen atoms in total. The summed E-state index contributed by atoms with van der Waals surface area (Å²) in [6, 6.07) is 2.77. The number of benzene rings is 1. The molecule has 1 aromatic carbocycles. The lowest BCUT2D eigenvalue weighted by Crippen LogP contribution is -2.01. The van der Waals surface area contributed by atoms with E-state index >= 15 is 0 Å². The van der Waals surface area contributed by atoms with E-state index in [9.17, 15) is 14.7 Å². The molecule has 0 amide bonds. The molecule has 1 aromatic rings. The fourth-order valence-electron chi connectivity index (χ4n) is 1.04. The van der Waals surface area contributed by atoms with Gasteiger partial charge in [0.2, 0.25) is 0 Å². The first-order valence-electron chi connectivity index (χ1n) is 3.73. The fourth-order valence-corrected chi connectivity index (χ4v) is 1.56. The molecule has 14 heavy (non-hydrogen) atoms. The van der Waals surface area contributed by atoms with Gasteiger partial charge in [0, 0.05) is 11.1 Å². The summed E-state index contributed by atoms with van der Waals surface area (Å²) >= 11 is 3.03. The molecule has 0 saturated heterocycles. The molecule has 5 heteroatoms. The van der Waals surface area contributed by atoms with Crippen LogP contribution in [0.5, 0.6) is 5.75 Å². The Balaban J connectivity index is 3.19. The summed E-state index contributed by atoms with van der Waals surface area (Å²) in [5.74, 6) is -1.20. The fraction of sp³-hybridized carbons (Fsp3) is 0.111. The summed E-state index contributed by atoms with van der Waals surface area (Å²) in [6.45, 7) is 0. The molecule has 0 aromatic heterocycles. The summed E-state index contributed by atoms with van der Waals surface area (Å²) in [6.07, 6.45) is 0.279. The SMILES string of the molecule is O=Cc1cc(Br)c(O)c(CC(=O)O)c1. The van der Waals surface area contributed by atoms with Crippen molar-refractivity contribution in [3.8, 4) is 5.75 Å². The molecule has 0 atom stereocenters. The van der Waals surface area contributed by atoms with E-state index in [2.05, 4.69) is 15.9 Å². The molecule has 1 rings (SSSR count). The van der Waals surface area contributed by atoms with Crippen LogP contribution in [-0.4, -0.2) is 22.5 Å². The first kappa shape index (κ1) is 10.7. The molecule has 0 unspecified atom stereocenters. The number of aromatic hydroxyl groups is 1. The Morgan fingerprint density at radius 2 is 2.14 bits per heavy atom. The third kappa shape index (κ3) is 2.32. The predicted molar refractivity (Wildman–Crippen MR) is 52.5 cm³/mol. The standard InChI is InChI=1S/C9H7BrO4/c10-7-2-5(4-11)1-6(9(7)14)3-8(12)13/h1-2,4,14H,3H2,(H,12,13). The minimum absolute atomic E-state index is 0.141. The van der Waals surface area contributed by atoms with Gasteiger partial charge in [-0.1, -0.05) is 0 Å². The maximum absolute atomic E-state index is 10.5. The highest BCUT2D eigenvalue weighted by Gasteiger charge is 2.10. The first-order chi connectivity index (χ1) is 6.54. The third-order valence-corrected chi connectivity index (χ3v) is 2.25. The van der Waals surface area contributed by atoms with E-state index in [-0.39, 0.29) is 17.7 Å². The average Bonchev–Trinajstić information content (AvgIpc) is 2.11. The number of aliphatic carboxylic acids is 1. The lowest BCUT2D eigenvalue weighted by atomic mass is 10.1. The van der Waals surface area contributed by atoms with Crippen molar-refractivity contribution in [1.29, 1.82) is 0 Å². The number of carbonyl (C=O) groups excluding carboxylic acids is 1. The molecule has 0 aliphatic carbocycles. The number of phenols is 1. The van der Waals surface area contributed by atoms with E-state index in [1.807, 2.05) is 0 Å². The zero-order chi connectivity index (χ0) is 10.7. The van der Waals surface area contributed by atoms with Gasteiger partial charge in [-0.3, -0.25) is 9.59 Å². The number of halogens is 1. The molecule has 0 heterocycles. The zero-order valence-corrected chi connectivity index (χ0v) is 8.61. The van der Waals surface area contributed by atoms with Crippen LogP contribution in [0.25, 0.3) is 0 Å². The van der Waals surface area contributed by atoms with Gasteiger partial charge in [-0.25, -0.2) is 0 Å². The molecule has 0 spiro atoms. The number of carbonyl (C=O) groups is 2. The summed E-state index contributed by atoms with van der Waals surface area (Å²) in [5, 5.41) is 18.0. The molecule has 74 valence electrons. The molecular formula is C9H7BrO4. The van der Waals surface area contributed by atoms with Gasteiger partial charge in [0.15, 0.2) is 0 Å². The van der Waals surface area contributed by atoms with Gasteiger partial charge in [0.25, 0.3) is 0 Å². The number of aldehydes is 1. The number of rotatable bonds is 3. The van der Waals surface area contributed by atoms with Gasteiger partial charge in [-0.15, -0.1) is 0 Å². The highest BCUT2D eigenvalue weighted by Crippen LogP contribution is 2.29. The van der Waals surface area contributed by atoms with Gasteiger partial charge in [0.05, 0.1) is 10.9 Å². The molecule has 0 bridgehead atoms. The van der Waals surface area contributed by atoms with Crippen molar-refractivity contribution < 1.29 is 19.8 Å². The van der Waals surface area contributed by atoms with Crippen molar-refractivity contribution in [3.63, 3.8) is 0 Å². The van der Waals surface area contributed by atoms with Crippen LogP contribution in [0.4, 0.5) is 0 Å². The Kier molecular flexibility index (Phi) is 3.24. The number of hydrogen-bond donors (Lipinski definition) is 2. The van der Waals surface area contributed by atoms with Crippen LogP contribution in [0.1, 0.15) is 15.9 Å². The van der Waals surface area contributed by atoms with Crippen LogP contribution in [-0.2, 0) is 11.2 Å². The Bertz CT molecular complexity index is 387. The molecule has 0 saturated carbocycles.